The van der Waals surface area contributed by atoms with Crippen molar-refractivity contribution in [3.05, 3.63) is 95.6 Å². The molecule has 1 atom stereocenters. The molecular formula is C26H28N2O3. The van der Waals surface area contributed by atoms with E-state index in [9.17, 15) is 9.59 Å². The number of carbonyl (C=O) groups is 2. The van der Waals surface area contributed by atoms with E-state index >= 15 is 0 Å². The molecule has 3 aromatic carbocycles. The number of anilines is 1. The van der Waals surface area contributed by atoms with Crippen LogP contribution in [0.2, 0.25) is 0 Å². The number of hydrogen-bond donors (Lipinski definition) is 2. The Balaban J connectivity index is 1.64. The van der Waals surface area contributed by atoms with Crippen molar-refractivity contribution in [1.82, 2.24) is 5.32 Å². The maximum absolute atomic E-state index is 12.7. The Morgan fingerprint density at radius 2 is 1.58 bits per heavy atom. The van der Waals surface area contributed by atoms with Crippen molar-refractivity contribution >= 4 is 17.5 Å². The van der Waals surface area contributed by atoms with Gasteiger partial charge in [0, 0.05) is 16.8 Å². The van der Waals surface area contributed by atoms with Crippen LogP contribution in [0.1, 0.15) is 59.0 Å². The number of benzene rings is 3. The summed E-state index contributed by atoms with van der Waals surface area (Å²) in [6.45, 7) is 4.67. The van der Waals surface area contributed by atoms with Crippen LogP contribution < -0.4 is 15.4 Å². The van der Waals surface area contributed by atoms with Crippen LogP contribution in [-0.4, -0.2) is 18.4 Å². The average molecular weight is 417 g/mol. The lowest BCUT2D eigenvalue weighted by atomic mass is 10.1. The Hall–Kier alpha value is -3.60. The van der Waals surface area contributed by atoms with Gasteiger partial charge in [-0.1, -0.05) is 55.8 Å². The first-order valence-electron chi connectivity index (χ1n) is 10.6. The molecule has 0 aliphatic heterocycles. The highest BCUT2D eigenvalue weighted by Gasteiger charge is 2.13. The van der Waals surface area contributed by atoms with E-state index in [1.807, 2.05) is 43.3 Å². The molecule has 0 heterocycles. The fourth-order valence-corrected chi connectivity index (χ4v) is 3.11. The van der Waals surface area contributed by atoms with Gasteiger partial charge in [-0.3, -0.25) is 9.59 Å². The van der Waals surface area contributed by atoms with E-state index in [-0.39, 0.29) is 17.9 Å². The molecule has 0 aliphatic carbocycles. The molecule has 0 saturated carbocycles. The molecule has 5 heteroatoms. The van der Waals surface area contributed by atoms with Crippen LogP contribution in [0, 0.1) is 0 Å². The van der Waals surface area contributed by atoms with Gasteiger partial charge < -0.3 is 15.4 Å². The number of hydrogen-bond acceptors (Lipinski definition) is 3. The lowest BCUT2D eigenvalue weighted by molar-refractivity contribution is 0.0938. The van der Waals surface area contributed by atoms with E-state index in [1.54, 1.807) is 42.5 Å². The topological polar surface area (TPSA) is 67.4 Å². The van der Waals surface area contributed by atoms with E-state index in [1.165, 1.54) is 0 Å². The second-order valence-electron chi connectivity index (χ2n) is 7.37. The predicted molar refractivity (Wildman–Crippen MR) is 124 cm³/mol. The van der Waals surface area contributed by atoms with E-state index in [0.29, 0.717) is 29.2 Å². The highest BCUT2D eigenvalue weighted by Crippen LogP contribution is 2.18. The first-order chi connectivity index (χ1) is 15.1. The smallest absolute Gasteiger partial charge is 0.255 e. The van der Waals surface area contributed by atoms with Gasteiger partial charge in [-0.05, 0) is 55.3 Å². The molecule has 3 rings (SSSR count). The number of ether oxygens (including phenoxy) is 1. The zero-order valence-corrected chi connectivity index (χ0v) is 17.9. The van der Waals surface area contributed by atoms with Crippen molar-refractivity contribution < 1.29 is 14.3 Å². The highest BCUT2D eigenvalue weighted by molar-refractivity contribution is 6.05. The van der Waals surface area contributed by atoms with E-state index in [0.717, 1.165) is 18.4 Å². The molecule has 0 aliphatic rings. The zero-order chi connectivity index (χ0) is 22.1. The fraction of sp³-hybridized carbons (Fsp3) is 0.231. The van der Waals surface area contributed by atoms with E-state index in [4.69, 9.17) is 4.74 Å². The third-order valence-corrected chi connectivity index (χ3v) is 4.89. The summed E-state index contributed by atoms with van der Waals surface area (Å²) >= 11 is 0. The molecule has 5 nitrogen and oxygen atoms in total. The summed E-state index contributed by atoms with van der Waals surface area (Å²) in [5, 5.41) is 5.85. The third kappa shape index (κ3) is 6.44. The Morgan fingerprint density at radius 3 is 2.32 bits per heavy atom. The molecule has 0 spiro atoms. The summed E-state index contributed by atoms with van der Waals surface area (Å²) in [4.78, 5) is 25.3. The largest absolute Gasteiger partial charge is 0.494 e. The number of carbonyl (C=O) groups excluding carboxylic acids is 2. The van der Waals surface area contributed by atoms with Gasteiger partial charge in [0.2, 0.25) is 0 Å². The molecular weight excluding hydrogens is 388 g/mol. The van der Waals surface area contributed by atoms with Crippen LogP contribution in [0.25, 0.3) is 0 Å². The molecule has 31 heavy (non-hydrogen) atoms. The molecule has 0 aromatic heterocycles. The Kier molecular flexibility index (Phi) is 7.82. The SMILES string of the molecule is CCCCOc1cccc(C(=O)Nc2cccc(C(=O)NC(C)c3ccccc3)c2)c1. The number of rotatable bonds is 9. The second-order valence-corrected chi connectivity index (χ2v) is 7.37. The van der Waals surface area contributed by atoms with Crippen molar-refractivity contribution in [2.24, 2.45) is 0 Å². The predicted octanol–water partition coefficient (Wildman–Crippen LogP) is 5.61. The minimum absolute atomic E-state index is 0.123. The third-order valence-electron chi connectivity index (χ3n) is 4.89. The first kappa shape index (κ1) is 22.1. The Bertz CT molecular complexity index is 1020. The molecule has 2 N–H and O–H groups in total. The van der Waals surface area contributed by atoms with Gasteiger partial charge in [0.25, 0.3) is 11.8 Å². The van der Waals surface area contributed by atoms with Gasteiger partial charge in [-0.2, -0.15) is 0 Å². The highest BCUT2D eigenvalue weighted by atomic mass is 16.5. The summed E-state index contributed by atoms with van der Waals surface area (Å²) in [7, 11) is 0. The van der Waals surface area contributed by atoms with Crippen molar-refractivity contribution in [2.75, 3.05) is 11.9 Å². The maximum atomic E-state index is 12.7. The van der Waals surface area contributed by atoms with Crippen LogP contribution in [-0.2, 0) is 0 Å². The minimum Gasteiger partial charge on any atom is -0.494 e. The van der Waals surface area contributed by atoms with Crippen molar-refractivity contribution in [3.63, 3.8) is 0 Å². The van der Waals surface area contributed by atoms with Crippen LogP contribution in [0.15, 0.2) is 78.9 Å². The summed E-state index contributed by atoms with van der Waals surface area (Å²) < 4.78 is 5.68. The molecule has 0 saturated heterocycles. The minimum atomic E-state index is -0.254. The number of unbranched alkanes of at least 4 members (excludes halogenated alkanes) is 1. The van der Waals surface area contributed by atoms with E-state index in [2.05, 4.69) is 17.6 Å². The number of nitrogens with one attached hydrogen (secondary N) is 2. The molecule has 2 amide bonds. The summed E-state index contributed by atoms with van der Waals surface area (Å²) in [6.07, 6.45) is 2.02. The van der Waals surface area contributed by atoms with Crippen molar-refractivity contribution in [2.45, 2.75) is 32.7 Å². The van der Waals surface area contributed by atoms with Crippen LogP contribution in [0.4, 0.5) is 5.69 Å². The summed E-state index contributed by atoms with van der Waals surface area (Å²) in [5.41, 5.74) is 2.57. The van der Waals surface area contributed by atoms with Gasteiger partial charge in [0.1, 0.15) is 5.75 Å². The Morgan fingerprint density at radius 1 is 0.871 bits per heavy atom. The lowest BCUT2D eigenvalue weighted by Gasteiger charge is -2.15. The monoisotopic (exact) mass is 416 g/mol. The van der Waals surface area contributed by atoms with Gasteiger partial charge in [0.05, 0.1) is 12.6 Å². The first-order valence-corrected chi connectivity index (χ1v) is 10.6. The van der Waals surface area contributed by atoms with Gasteiger partial charge in [0.15, 0.2) is 0 Å². The van der Waals surface area contributed by atoms with Gasteiger partial charge in [-0.25, -0.2) is 0 Å². The van der Waals surface area contributed by atoms with Crippen molar-refractivity contribution in [1.29, 1.82) is 0 Å². The molecule has 0 bridgehead atoms. The Labute approximate surface area is 183 Å². The van der Waals surface area contributed by atoms with Gasteiger partial charge >= 0.3 is 0 Å². The fourth-order valence-electron chi connectivity index (χ4n) is 3.11. The van der Waals surface area contributed by atoms with Gasteiger partial charge in [-0.15, -0.1) is 0 Å². The van der Waals surface area contributed by atoms with Crippen LogP contribution in [0.3, 0.4) is 0 Å². The molecule has 3 aromatic rings. The standard InChI is InChI=1S/C26H28N2O3/c1-3-4-16-31-24-15-9-13-22(18-24)26(30)28-23-14-8-12-21(17-23)25(29)27-19(2)20-10-6-5-7-11-20/h5-15,17-19H,3-4,16H2,1-2H3,(H,27,29)(H,28,30). The zero-order valence-electron chi connectivity index (χ0n) is 17.9. The molecule has 0 fully saturated rings. The summed E-state index contributed by atoms with van der Waals surface area (Å²) in [5.74, 6) is 0.221. The lowest BCUT2D eigenvalue weighted by Crippen LogP contribution is -2.26. The average Bonchev–Trinajstić information content (AvgIpc) is 2.80. The normalized spacial score (nSPS) is 11.4. The quantitative estimate of drug-likeness (QED) is 0.446. The number of amides is 2. The molecule has 0 radical (unpaired) electrons. The molecule has 1 unspecified atom stereocenters. The second kappa shape index (κ2) is 11.0. The van der Waals surface area contributed by atoms with Crippen molar-refractivity contribution in [3.8, 4) is 5.75 Å². The van der Waals surface area contributed by atoms with Crippen LogP contribution in [0.5, 0.6) is 5.75 Å². The molecule has 160 valence electrons. The maximum Gasteiger partial charge on any atom is 0.255 e. The van der Waals surface area contributed by atoms with Crippen LogP contribution >= 0.6 is 0 Å². The van der Waals surface area contributed by atoms with E-state index < -0.39 is 0 Å². The summed E-state index contributed by atoms with van der Waals surface area (Å²) in [6, 6.07) is 23.7.